The molecule has 0 aromatic heterocycles. The van der Waals surface area contributed by atoms with Crippen LogP contribution in [0.25, 0.3) is 0 Å². The molecule has 1 aliphatic rings. The molecule has 1 saturated heterocycles. The van der Waals surface area contributed by atoms with Gasteiger partial charge in [0.2, 0.25) is 0 Å². The van der Waals surface area contributed by atoms with Gasteiger partial charge in [0.1, 0.15) is 5.78 Å². The van der Waals surface area contributed by atoms with E-state index in [1.54, 1.807) is 0 Å². The summed E-state index contributed by atoms with van der Waals surface area (Å²) < 4.78 is 23.0. The fraction of sp³-hybridized carbons (Fsp3) is 0.533. The highest BCUT2D eigenvalue weighted by Crippen LogP contribution is 2.10. The number of sulfone groups is 1. The summed E-state index contributed by atoms with van der Waals surface area (Å²) >= 11 is 0. The van der Waals surface area contributed by atoms with Gasteiger partial charge in [-0.15, -0.1) is 0 Å². The van der Waals surface area contributed by atoms with E-state index in [2.05, 4.69) is 17.4 Å². The summed E-state index contributed by atoms with van der Waals surface area (Å²) in [6.07, 6.45) is 2.56. The molecule has 1 aliphatic heterocycles. The highest BCUT2D eigenvalue weighted by Gasteiger charge is 2.25. The number of carbonyl (C=O) groups is 1. The standard InChI is InChI=1S/C15H21NO3S/c17-15(8-4-7-13-5-2-1-3-6-13)11-14-12-20(18,19)10-9-16-14/h1-3,5-6,14,16H,4,7-12H2. The molecule has 0 radical (unpaired) electrons. The molecule has 1 heterocycles. The van der Waals surface area contributed by atoms with E-state index in [-0.39, 0.29) is 23.3 Å². The smallest absolute Gasteiger partial charge is 0.153 e. The maximum atomic E-state index is 11.9. The Morgan fingerprint density at radius 1 is 1.25 bits per heavy atom. The van der Waals surface area contributed by atoms with Gasteiger partial charge in [0, 0.05) is 25.4 Å². The number of benzene rings is 1. The number of aryl methyl sites for hydroxylation is 1. The quantitative estimate of drug-likeness (QED) is 0.860. The van der Waals surface area contributed by atoms with Crippen molar-refractivity contribution in [3.8, 4) is 0 Å². The zero-order valence-corrected chi connectivity index (χ0v) is 12.4. The largest absolute Gasteiger partial charge is 0.312 e. The van der Waals surface area contributed by atoms with Crippen molar-refractivity contribution in [2.24, 2.45) is 0 Å². The van der Waals surface area contributed by atoms with Crippen molar-refractivity contribution in [1.29, 1.82) is 0 Å². The van der Waals surface area contributed by atoms with Crippen molar-refractivity contribution >= 4 is 15.6 Å². The third-order valence-electron chi connectivity index (χ3n) is 3.54. The molecule has 1 fully saturated rings. The van der Waals surface area contributed by atoms with Gasteiger partial charge in [-0.25, -0.2) is 8.42 Å². The third kappa shape index (κ3) is 5.06. The van der Waals surface area contributed by atoms with E-state index < -0.39 is 9.84 Å². The second-order valence-electron chi connectivity index (χ2n) is 5.35. The average molecular weight is 295 g/mol. The minimum Gasteiger partial charge on any atom is -0.312 e. The van der Waals surface area contributed by atoms with E-state index in [0.29, 0.717) is 19.4 Å². The average Bonchev–Trinajstić information content (AvgIpc) is 2.38. The second kappa shape index (κ2) is 6.99. The topological polar surface area (TPSA) is 63.2 Å². The number of hydrogen-bond acceptors (Lipinski definition) is 4. The lowest BCUT2D eigenvalue weighted by Crippen LogP contribution is -2.45. The minimum absolute atomic E-state index is 0.0947. The normalized spacial score (nSPS) is 21.5. The van der Waals surface area contributed by atoms with Crippen LogP contribution in [-0.2, 0) is 21.1 Å². The van der Waals surface area contributed by atoms with Gasteiger partial charge in [-0.3, -0.25) is 4.79 Å². The Morgan fingerprint density at radius 3 is 2.70 bits per heavy atom. The Morgan fingerprint density at radius 2 is 2.00 bits per heavy atom. The molecule has 0 bridgehead atoms. The Balaban J connectivity index is 1.70. The first kappa shape index (κ1) is 15.2. The van der Waals surface area contributed by atoms with Crippen LogP contribution >= 0.6 is 0 Å². The van der Waals surface area contributed by atoms with Gasteiger partial charge in [0.05, 0.1) is 11.5 Å². The van der Waals surface area contributed by atoms with E-state index >= 15 is 0 Å². The molecular weight excluding hydrogens is 274 g/mol. The molecule has 1 atom stereocenters. The lowest BCUT2D eigenvalue weighted by Gasteiger charge is -2.22. The molecule has 5 heteroatoms. The fourth-order valence-corrected chi connectivity index (χ4v) is 3.95. The molecule has 0 amide bonds. The molecule has 2 rings (SSSR count). The summed E-state index contributed by atoms with van der Waals surface area (Å²) in [5.41, 5.74) is 1.23. The molecular formula is C15H21NO3S. The first-order valence-electron chi connectivity index (χ1n) is 7.04. The third-order valence-corrected chi connectivity index (χ3v) is 5.28. The predicted molar refractivity (Wildman–Crippen MR) is 79.4 cm³/mol. The van der Waals surface area contributed by atoms with Crippen molar-refractivity contribution in [3.05, 3.63) is 35.9 Å². The van der Waals surface area contributed by atoms with E-state index in [9.17, 15) is 13.2 Å². The number of rotatable bonds is 6. The van der Waals surface area contributed by atoms with Crippen molar-refractivity contribution in [3.63, 3.8) is 0 Å². The number of nitrogens with one attached hydrogen (secondary N) is 1. The summed E-state index contributed by atoms with van der Waals surface area (Å²) in [6.45, 7) is 0.463. The maximum Gasteiger partial charge on any atom is 0.153 e. The predicted octanol–water partition coefficient (Wildman–Crippen LogP) is 1.36. The van der Waals surface area contributed by atoms with Crippen LogP contribution in [0.1, 0.15) is 24.8 Å². The van der Waals surface area contributed by atoms with Crippen LogP contribution in [0, 0.1) is 0 Å². The molecule has 0 saturated carbocycles. The van der Waals surface area contributed by atoms with Gasteiger partial charge >= 0.3 is 0 Å². The monoisotopic (exact) mass is 295 g/mol. The van der Waals surface area contributed by atoms with Crippen LogP contribution in [0.2, 0.25) is 0 Å². The van der Waals surface area contributed by atoms with Gasteiger partial charge in [-0.05, 0) is 18.4 Å². The Labute approximate surface area is 120 Å². The van der Waals surface area contributed by atoms with E-state index in [1.165, 1.54) is 5.56 Å². The Bertz CT molecular complexity index is 539. The van der Waals surface area contributed by atoms with Gasteiger partial charge < -0.3 is 5.32 Å². The van der Waals surface area contributed by atoms with Gasteiger partial charge in [-0.2, -0.15) is 0 Å². The van der Waals surface area contributed by atoms with Crippen molar-refractivity contribution in [1.82, 2.24) is 5.32 Å². The van der Waals surface area contributed by atoms with E-state index in [1.807, 2.05) is 18.2 Å². The van der Waals surface area contributed by atoms with Crippen LogP contribution in [0.4, 0.5) is 0 Å². The molecule has 4 nitrogen and oxygen atoms in total. The second-order valence-corrected chi connectivity index (χ2v) is 7.58. The van der Waals surface area contributed by atoms with Crippen molar-refractivity contribution < 1.29 is 13.2 Å². The fourth-order valence-electron chi connectivity index (χ4n) is 2.51. The van der Waals surface area contributed by atoms with E-state index in [4.69, 9.17) is 0 Å². The van der Waals surface area contributed by atoms with Gasteiger partial charge in [0.15, 0.2) is 9.84 Å². The zero-order chi connectivity index (χ0) is 14.4. The molecule has 0 spiro atoms. The molecule has 1 unspecified atom stereocenters. The van der Waals surface area contributed by atoms with Crippen molar-refractivity contribution in [2.45, 2.75) is 31.7 Å². The van der Waals surface area contributed by atoms with Crippen LogP contribution in [0.5, 0.6) is 0 Å². The summed E-state index contributed by atoms with van der Waals surface area (Å²) in [5, 5.41) is 3.11. The lowest BCUT2D eigenvalue weighted by molar-refractivity contribution is -0.119. The Kier molecular flexibility index (Phi) is 5.31. The molecule has 1 aromatic rings. The molecule has 1 N–H and O–H groups in total. The zero-order valence-electron chi connectivity index (χ0n) is 11.5. The first-order valence-corrected chi connectivity index (χ1v) is 8.87. The molecule has 20 heavy (non-hydrogen) atoms. The summed E-state index contributed by atoms with van der Waals surface area (Å²) in [4.78, 5) is 11.9. The summed E-state index contributed by atoms with van der Waals surface area (Å²) in [5.74, 6) is 0.430. The number of Topliss-reactive ketones (excluding diaryl/α,β-unsaturated/α-hetero) is 1. The van der Waals surface area contributed by atoms with Gasteiger partial charge in [-0.1, -0.05) is 30.3 Å². The SMILES string of the molecule is O=C(CCCc1ccccc1)CC1CS(=O)(=O)CCN1. The summed E-state index contributed by atoms with van der Waals surface area (Å²) in [7, 11) is -2.96. The van der Waals surface area contributed by atoms with E-state index in [0.717, 1.165) is 12.8 Å². The van der Waals surface area contributed by atoms with Crippen molar-refractivity contribution in [2.75, 3.05) is 18.1 Å². The number of ketones is 1. The summed E-state index contributed by atoms with van der Waals surface area (Å²) in [6, 6.07) is 9.88. The van der Waals surface area contributed by atoms with Crippen LogP contribution < -0.4 is 5.32 Å². The van der Waals surface area contributed by atoms with Gasteiger partial charge in [0.25, 0.3) is 0 Å². The Hall–Kier alpha value is -1.20. The minimum atomic E-state index is -2.96. The number of hydrogen-bond donors (Lipinski definition) is 1. The van der Waals surface area contributed by atoms with Crippen LogP contribution in [-0.4, -0.2) is 38.3 Å². The van der Waals surface area contributed by atoms with Crippen LogP contribution in [0.3, 0.4) is 0 Å². The highest BCUT2D eigenvalue weighted by atomic mass is 32.2. The highest BCUT2D eigenvalue weighted by molar-refractivity contribution is 7.91. The molecule has 110 valence electrons. The molecule has 0 aliphatic carbocycles. The number of carbonyl (C=O) groups excluding carboxylic acids is 1. The lowest BCUT2D eigenvalue weighted by atomic mass is 10.0. The molecule has 1 aromatic carbocycles. The first-order chi connectivity index (χ1) is 9.55. The maximum absolute atomic E-state index is 11.9. The van der Waals surface area contributed by atoms with Crippen LogP contribution in [0.15, 0.2) is 30.3 Å².